The predicted molar refractivity (Wildman–Crippen MR) is 0 cm³/mol. The monoisotopic (exact) mass is 3180 g/mol. The van der Waals surface area contributed by atoms with E-state index >= 15 is 0 Å². The standard InChI is InChI=1S/54Co. The van der Waals surface area contributed by atoms with Crippen molar-refractivity contribution in [3.05, 3.63) is 0 Å². The first-order valence-electron chi connectivity index (χ1n) is 0. The van der Waals surface area contributed by atoms with E-state index < -0.39 is 0 Å². The molecule has 0 aliphatic carbocycles. The number of rotatable bonds is 0. The van der Waals surface area contributed by atoms with Crippen molar-refractivity contribution >= 4 is 0 Å². The van der Waals surface area contributed by atoms with E-state index in [1.807, 2.05) is 0 Å². The molecule has 54 heavy (non-hydrogen) atoms. The number of hydrogen-bond donors (Lipinski definition) is 0. The van der Waals surface area contributed by atoms with Gasteiger partial charge in [0.25, 0.3) is 0 Å². The third-order valence-corrected chi connectivity index (χ3v) is 0. The van der Waals surface area contributed by atoms with E-state index in [9.17, 15) is 0 Å². The summed E-state index contributed by atoms with van der Waals surface area (Å²) in [5.74, 6) is 0. The van der Waals surface area contributed by atoms with Crippen LogP contribution in [0.2, 0.25) is 0 Å². The van der Waals surface area contributed by atoms with Crippen LogP contribution in [0.4, 0.5) is 0 Å². The minimum atomic E-state index is 0. The average Bonchev–Trinajstić information content (AvgIpc) is 0. The summed E-state index contributed by atoms with van der Waals surface area (Å²) in [5, 5.41) is 0. The van der Waals surface area contributed by atoms with E-state index in [0.29, 0.717) is 0 Å². The molecule has 0 aromatic carbocycles. The Kier molecular flexibility index (Phi) is 8790. The average molecular weight is 3180 g/mol. The summed E-state index contributed by atoms with van der Waals surface area (Å²) in [6.45, 7) is 0. The minimum absolute atomic E-state index is 0. The zero-order chi connectivity index (χ0) is 0. The molecule has 0 atom stereocenters. The molecule has 0 aliphatic rings. The van der Waals surface area contributed by atoms with E-state index in [4.69, 9.17) is 0 Å². The van der Waals surface area contributed by atoms with Gasteiger partial charge in [0.05, 0.1) is 0 Å². The van der Waals surface area contributed by atoms with Crippen molar-refractivity contribution in [2.24, 2.45) is 0 Å². The SMILES string of the molecule is [Co].[Co].[Co].[Co].[Co].[Co].[Co].[Co].[Co].[Co].[Co].[Co].[Co].[Co].[Co].[Co].[Co].[Co].[Co].[Co].[Co].[Co].[Co].[Co].[Co].[Co].[Co].[Co].[Co].[Co].[Co].[Co].[Co].[Co].[Co].[Co].[Co].[Co].[Co].[Co].[Co].[Co].[Co].[Co].[Co].[Co].[Co].[Co].[Co].[Co].[Co].[Co].[Co].[Co]. The summed E-state index contributed by atoms with van der Waals surface area (Å²) >= 11 is 0. The molecule has 0 heterocycles. The van der Waals surface area contributed by atoms with Crippen LogP contribution in [0.25, 0.3) is 0 Å². The van der Waals surface area contributed by atoms with Crippen LogP contribution in [0.3, 0.4) is 0 Å². The van der Waals surface area contributed by atoms with Gasteiger partial charge in [0, 0.05) is 906 Å². The maximum absolute atomic E-state index is 0. The van der Waals surface area contributed by atoms with Crippen LogP contribution in [-0.2, 0) is 906 Å². The normalized spacial score (nSPS) is 0. The quantitative estimate of drug-likeness (QED) is 0.318. The third kappa shape index (κ3) is 651. The van der Waals surface area contributed by atoms with E-state index in [0.717, 1.165) is 0 Å². The van der Waals surface area contributed by atoms with Gasteiger partial charge in [0.2, 0.25) is 0 Å². The van der Waals surface area contributed by atoms with Crippen LogP contribution < -0.4 is 0 Å². The Morgan fingerprint density at radius 1 is 0.0185 bits per heavy atom. The summed E-state index contributed by atoms with van der Waals surface area (Å²) in [4.78, 5) is 0. The second-order valence-corrected chi connectivity index (χ2v) is 0. The second-order valence-electron chi connectivity index (χ2n) is 0. The summed E-state index contributed by atoms with van der Waals surface area (Å²) in [5.41, 5.74) is 0. The Bertz CT molecular complexity index is 0. The molecule has 0 unspecified atom stereocenters. The van der Waals surface area contributed by atoms with Crippen LogP contribution in [0, 0.1) is 0 Å². The molecule has 0 aromatic rings. The van der Waals surface area contributed by atoms with Crippen molar-refractivity contribution in [1.82, 2.24) is 0 Å². The summed E-state index contributed by atoms with van der Waals surface area (Å²) in [6.07, 6.45) is 0. The molecule has 54 radical (unpaired) electrons. The smallest absolute Gasteiger partial charge is 0 e. The summed E-state index contributed by atoms with van der Waals surface area (Å²) < 4.78 is 0. The molecular weight excluding hydrogens is 3180 g/mol. The Balaban J connectivity index is 0. The van der Waals surface area contributed by atoms with Crippen LogP contribution >= 0.6 is 0 Å². The molecule has 0 rings (SSSR count). The van der Waals surface area contributed by atoms with E-state index in [1.54, 1.807) is 0 Å². The van der Waals surface area contributed by atoms with Gasteiger partial charge >= 0.3 is 0 Å². The molecule has 0 nitrogen and oxygen atoms in total. The largest absolute Gasteiger partial charge is 0 e. The Labute approximate surface area is 883 Å². The molecule has 0 saturated heterocycles. The van der Waals surface area contributed by atoms with Crippen LogP contribution in [0.15, 0.2) is 0 Å². The Morgan fingerprint density at radius 3 is 0.0185 bits per heavy atom. The topological polar surface area (TPSA) is 0 Å². The van der Waals surface area contributed by atoms with E-state index in [-0.39, 0.29) is 906 Å². The van der Waals surface area contributed by atoms with Gasteiger partial charge in [-0.2, -0.15) is 0 Å². The fourth-order valence-electron chi connectivity index (χ4n) is 0. The molecule has 0 bridgehead atoms. The molecule has 0 fully saturated rings. The van der Waals surface area contributed by atoms with Crippen molar-refractivity contribution < 1.29 is 906 Å². The van der Waals surface area contributed by atoms with Crippen molar-refractivity contribution in [2.75, 3.05) is 0 Å². The zero-order valence-electron chi connectivity index (χ0n) is 18.0. The predicted octanol–water partition coefficient (Wildman–Crippen LogP) is -0.135. The van der Waals surface area contributed by atoms with Crippen molar-refractivity contribution in [3.8, 4) is 0 Å². The second kappa shape index (κ2) is 676. The van der Waals surface area contributed by atoms with Gasteiger partial charge in [0.15, 0.2) is 0 Å². The third-order valence-electron chi connectivity index (χ3n) is 0. The molecule has 54 heteroatoms. The van der Waals surface area contributed by atoms with Gasteiger partial charge in [-0.3, -0.25) is 0 Å². The fraction of sp³-hybridized carbons (Fsp3) is 0. The Morgan fingerprint density at radius 2 is 0.0185 bits per heavy atom. The van der Waals surface area contributed by atoms with Gasteiger partial charge in [-0.15, -0.1) is 0 Å². The van der Waals surface area contributed by atoms with Crippen molar-refractivity contribution in [2.45, 2.75) is 0 Å². The maximum Gasteiger partial charge on any atom is 0 e. The van der Waals surface area contributed by atoms with Gasteiger partial charge in [-0.1, -0.05) is 0 Å². The molecule has 0 spiro atoms. The van der Waals surface area contributed by atoms with E-state index in [1.165, 1.54) is 0 Å². The molecular formula is Co54. The van der Waals surface area contributed by atoms with Gasteiger partial charge in [-0.25, -0.2) is 0 Å². The molecule has 0 N–H and O–H groups in total. The van der Waals surface area contributed by atoms with Gasteiger partial charge < -0.3 is 0 Å². The van der Waals surface area contributed by atoms with Crippen molar-refractivity contribution in [3.63, 3.8) is 0 Å². The molecule has 0 amide bonds. The Hall–Kier alpha value is 27.4. The molecule has 486 valence electrons. The van der Waals surface area contributed by atoms with Crippen LogP contribution in [0.1, 0.15) is 0 Å². The summed E-state index contributed by atoms with van der Waals surface area (Å²) in [6, 6.07) is 0. The van der Waals surface area contributed by atoms with Gasteiger partial charge in [-0.05, 0) is 0 Å². The fourth-order valence-corrected chi connectivity index (χ4v) is 0. The maximum atomic E-state index is 0. The molecule has 0 saturated carbocycles. The van der Waals surface area contributed by atoms with Gasteiger partial charge in [0.1, 0.15) is 0 Å². The number of hydrogen-bond acceptors (Lipinski definition) is 0. The van der Waals surface area contributed by atoms with Crippen LogP contribution in [0.5, 0.6) is 0 Å². The van der Waals surface area contributed by atoms with E-state index in [2.05, 4.69) is 0 Å². The summed E-state index contributed by atoms with van der Waals surface area (Å²) in [7, 11) is 0. The zero-order valence-corrected chi connectivity index (χ0v) is 74.2. The van der Waals surface area contributed by atoms with Crippen LogP contribution in [-0.4, -0.2) is 0 Å². The molecule has 0 aromatic heterocycles. The molecule has 0 aliphatic heterocycles. The first kappa shape index (κ1) is 702. The first-order chi connectivity index (χ1) is 0. The van der Waals surface area contributed by atoms with Crippen molar-refractivity contribution in [1.29, 1.82) is 0 Å². The first-order valence-corrected chi connectivity index (χ1v) is 0. The minimum Gasteiger partial charge on any atom is 0 e.